The summed E-state index contributed by atoms with van der Waals surface area (Å²) in [6.07, 6.45) is 3.54. The van der Waals surface area contributed by atoms with E-state index in [4.69, 9.17) is 9.47 Å². The number of benzene rings is 1. The van der Waals surface area contributed by atoms with Gasteiger partial charge in [0.05, 0.1) is 19.8 Å². The summed E-state index contributed by atoms with van der Waals surface area (Å²) in [6.45, 7) is 4.98. The van der Waals surface area contributed by atoms with Crippen molar-refractivity contribution in [1.29, 1.82) is 0 Å². The molecule has 0 bridgehead atoms. The molecule has 1 aliphatic rings. The van der Waals surface area contributed by atoms with Crippen molar-refractivity contribution in [3.8, 4) is 5.75 Å². The Balaban J connectivity index is 1.61. The van der Waals surface area contributed by atoms with Crippen LogP contribution < -0.4 is 4.74 Å². The number of ether oxygens (including phenoxy) is 2. The maximum Gasteiger partial charge on any atom is 0.134 e. The topological polar surface area (TPSA) is 70.6 Å². The maximum absolute atomic E-state index is 10.9. The molecule has 0 radical (unpaired) electrons. The van der Waals surface area contributed by atoms with Gasteiger partial charge >= 0.3 is 0 Å². The van der Waals surface area contributed by atoms with Crippen LogP contribution in [0.5, 0.6) is 5.75 Å². The highest BCUT2D eigenvalue weighted by Gasteiger charge is 2.33. The summed E-state index contributed by atoms with van der Waals surface area (Å²) in [4.78, 5) is 9.46. The van der Waals surface area contributed by atoms with Crippen LogP contribution >= 0.6 is 0 Å². The number of rotatable bonds is 5. The van der Waals surface area contributed by atoms with Crippen LogP contribution in [0.2, 0.25) is 0 Å². The first-order chi connectivity index (χ1) is 11.1. The Morgan fingerprint density at radius 3 is 3.17 bits per heavy atom. The molecule has 1 fully saturated rings. The Bertz CT molecular complexity index is 617. The summed E-state index contributed by atoms with van der Waals surface area (Å²) in [6, 6.07) is 7.82. The SMILES string of the molecule is Cc1cccc(OCC2(O)COCCN(Cc3ncc[nH]3)C2)c1. The van der Waals surface area contributed by atoms with Crippen LogP contribution in [0.1, 0.15) is 11.4 Å². The second-order valence-corrected chi connectivity index (χ2v) is 6.13. The number of hydrogen-bond acceptors (Lipinski definition) is 5. The third-order valence-electron chi connectivity index (χ3n) is 3.87. The van der Waals surface area contributed by atoms with Gasteiger partial charge in [-0.2, -0.15) is 0 Å². The first kappa shape index (κ1) is 16.0. The highest BCUT2D eigenvalue weighted by atomic mass is 16.5. The number of aromatic nitrogens is 2. The quantitative estimate of drug-likeness (QED) is 0.871. The van der Waals surface area contributed by atoms with Crippen LogP contribution in [0.25, 0.3) is 0 Å². The summed E-state index contributed by atoms with van der Waals surface area (Å²) in [7, 11) is 0. The number of H-pyrrole nitrogens is 1. The van der Waals surface area contributed by atoms with Crippen LogP contribution in [-0.2, 0) is 11.3 Å². The van der Waals surface area contributed by atoms with Crippen LogP contribution in [-0.4, -0.2) is 58.5 Å². The lowest BCUT2D eigenvalue weighted by Crippen LogP contribution is -2.48. The van der Waals surface area contributed by atoms with Crippen molar-refractivity contribution in [2.24, 2.45) is 0 Å². The minimum Gasteiger partial charge on any atom is -0.490 e. The molecule has 1 unspecified atom stereocenters. The van der Waals surface area contributed by atoms with E-state index >= 15 is 0 Å². The van der Waals surface area contributed by atoms with E-state index in [1.165, 1.54) is 0 Å². The molecule has 23 heavy (non-hydrogen) atoms. The molecule has 1 aromatic heterocycles. The van der Waals surface area contributed by atoms with Gasteiger partial charge in [-0.15, -0.1) is 0 Å². The Labute approximate surface area is 136 Å². The first-order valence-electron chi connectivity index (χ1n) is 7.83. The molecule has 0 saturated carbocycles. The third kappa shape index (κ3) is 4.54. The lowest BCUT2D eigenvalue weighted by Gasteiger charge is -2.30. The van der Waals surface area contributed by atoms with E-state index in [1.807, 2.05) is 31.2 Å². The molecule has 1 saturated heterocycles. The van der Waals surface area contributed by atoms with Crippen LogP contribution in [0.4, 0.5) is 0 Å². The fourth-order valence-corrected chi connectivity index (χ4v) is 2.74. The Kier molecular flexibility index (Phi) is 4.95. The molecule has 1 aliphatic heterocycles. The molecule has 2 N–H and O–H groups in total. The molecule has 1 atom stereocenters. The van der Waals surface area contributed by atoms with Crippen molar-refractivity contribution in [3.63, 3.8) is 0 Å². The van der Waals surface area contributed by atoms with E-state index in [0.717, 1.165) is 23.7 Å². The van der Waals surface area contributed by atoms with Gasteiger partial charge in [-0.1, -0.05) is 12.1 Å². The molecule has 0 amide bonds. The van der Waals surface area contributed by atoms with Gasteiger partial charge in [0.1, 0.15) is 23.8 Å². The molecule has 1 aromatic carbocycles. The largest absolute Gasteiger partial charge is 0.490 e. The normalized spacial score (nSPS) is 22.7. The second-order valence-electron chi connectivity index (χ2n) is 6.13. The number of imidazole rings is 1. The smallest absolute Gasteiger partial charge is 0.134 e. The highest BCUT2D eigenvalue weighted by Crippen LogP contribution is 2.18. The molecule has 6 heteroatoms. The van der Waals surface area contributed by atoms with Crippen molar-refractivity contribution in [2.45, 2.75) is 19.1 Å². The van der Waals surface area contributed by atoms with Crippen molar-refractivity contribution < 1.29 is 14.6 Å². The summed E-state index contributed by atoms with van der Waals surface area (Å²) in [5, 5.41) is 10.9. The van der Waals surface area contributed by atoms with Gasteiger partial charge in [-0.05, 0) is 24.6 Å². The lowest BCUT2D eigenvalue weighted by atomic mass is 10.1. The zero-order valence-corrected chi connectivity index (χ0v) is 13.4. The van der Waals surface area contributed by atoms with Gasteiger partial charge in [0.2, 0.25) is 0 Å². The molecular weight excluding hydrogens is 294 g/mol. The fraction of sp³-hybridized carbons (Fsp3) is 0.471. The Morgan fingerprint density at radius 1 is 1.48 bits per heavy atom. The molecule has 0 aliphatic carbocycles. The number of β-amino-alcohol motifs (C(OH)–C–C–N with tert-alkyl or cyclic N) is 1. The molecule has 6 nitrogen and oxygen atoms in total. The Hall–Kier alpha value is -1.89. The number of nitrogens with zero attached hydrogens (tertiary/aromatic N) is 2. The van der Waals surface area contributed by atoms with E-state index in [1.54, 1.807) is 12.4 Å². The summed E-state index contributed by atoms with van der Waals surface area (Å²) in [5.74, 6) is 1.65. The first-order valence-corrected chi connectivity index (χ1v) is 7.83. The second kappa shape index (κ2) is 7.12. The van der Waals surface area contributed by atoms with Crippen LogP contribution in [0.3, 0.4) is 0 Å². The van der Waals surface area contributed by atoms with Crippen molar-refractivity contribution >= 4 is 0 Å². The average Bonchev–Trinajstić information content (AvgIpc) is 2.95. The number of aromatic amines is 1. The highest BCUT2D eigenvalue weighted by molar-refractivity contribution is 5.27. The maximum atomic E-state index is 10.9. The number of aliphatic hydroxyl groups is 1. The molecule has 2 aromatic rings. The number of nitrogens with one attached hydrogen (secondary N) is 1. The summed E-state index contributed by atoms with van der Waals surface area (Å²) < 4.78 is 11.4. The molecule has 3 rings (SSSR count). The molecular formula is C17H23N3O3. The van der Waals surface area contributed by atoms with Gasteiger partial charge in [0.25, 0.3) is 0 Å². The number of aryl methyl sites for hydroxylation is 1. The molecule has 2 heterocycles. The van der Waals surface area contributed by atoms with Gasteiger partial charge in [0.15, 0.2) is 0 Å². The monoisotopic (exact) mass is 317 g/mol. The van der Waals surface area contributed by atoms with E-state index in [0.29, 0.717) is 19.7 Å². The van der Waals surface area contributed by atoms with Gasteiger partial charge < -0.3 is 19.6 Å². The van der Waals surface area contributed by atoms with Gasteiger partial charge in [0, 0.05) is 25.5 Å². The predicted molar refractivity (Wildman–Crippen MR) is 86.3 cm³/mol. The van der Waals surface area contributed by atoms with E-state index < -0.39 is 5.60 Å². The average molecular weight is 317 g/mol. The zero-order chi connectivity index (χ0) is 16.1. The molecule has 124 valence electrons. The van der Waals surface area contributed by atoms with E-state index in [-0.39, 0.29) is 13.2 Å². The standard InChI is InChI=1S/C17H23N3O3/c1-14-3-2-4-15(9-14)23-13-17(21)11-20(7-8-22-12-17)10-16-18-5-6-19-16/h2-6,9,21H,7-8,10-13H2,1H3,(H,18,19). The van der Waals surface area contributed by atoms with Crippen molar-refractivity contribution in [1.82, 2.24) is 14.9 Å². The summed E-state index contributed by atoms with van der Waals surface area (Å²) in [5.41, 5.74) is 0.0957. The fourth-order valence-electron chi connectivity index (χ4n) is 2.74. The molecule has 0 spiro atoms. The zero-order valence-electron chi connectivity index (χ0n) is 13.4. The third-order valence-corrected chi connectivity index (χ3v) is 3.87. The van der Waals surface area contributed by atoms with Crippen molar-refractivity contribution in [3.05, 3.63) is 48.0 Å². The van der Waals surface area contributed by atoms with Crippen LogP contribution in [0.15, 0.2) is 36.7 Å². The minimum atomic E-state index is -1.03. The van der Waals surface area contributed by atoms with Crippen molar-refractivity contribution in [2.75, 3.05) is 32.9 Å². The summed E-state index contributed by atoms with van der Waals surface area (Å²) >= 11 is 0. The van der Waals surface area contributed by atoms with E-state index in [2.05, 4.69) is 14.9 Å². The predicted octanol–water partition coefficient (Wildman–Crippen LogP) is 1.36. The van der Waals surface area contributed by atoms with E-state index in [9.17, 15) is 5.11 Å². The van der Waals surface area contributed by atoms with Gasteiger partial charge in [-0.25, -0.2) is 4.98 Å². The Morgan fingerprint density at radius 2 is 2.39 bits per heavy atom. The minimum absolute atomic E-state index is 0.200. The van der Waals surface area contributed by atoms with Gasteiger partial charge in [-0.3, -0.25) is 4.90 Å². The lowest BCUT2D eigenvalue weighted by molar-refractivity contribution is -0.0648. The van der Waals surface area contributed by atoms with Crippen LogP contribution in [0, 0.1) is 6.92 Å². The number of hydrogen-bond donors (Lipinski definition) is 2.